The summed E-state index contributed by atoms with van der Waals surface area (Å²) in [5.74, 6) is 0. The molecule has 17 heavy (non-hydrogen) atoms. The minimum Gasteiger partial charge on any atom is -0.376 e. The molecule has 1 N–H and O–H groups in total. The summed E-state index contributed by atoms with van der Waals surface area (Å²) >= 11 is 0. The minimum atomic E-state index is 0.449. The number of nitrogens with zero attached hydrogens (tertiary/aromatic N) is 1. The van der Waals surface area contributed by atoms with Crippen molar-refractivity contribution < 1.29 is 4.74 Å². The molecule has 0 aliphatic carbocycles. The Morgan fingerprint density at radius 2 is 2.24 bits per heavy atom. The molecule has 0 saturated carbocycles. The van der Waals surface area contributed by atoms with Crippen LogP contribution in [-0.2, 0) is 4.74 Å². The van der Waals surface area contributed by atoms with Gasteiger partial charge in [0.2, 0.25) is 0 Å². The molecule has 100 valence electrons. The van der Waals surface area contributed by atoms with Crippen LogP contribution in [0.4, 0.5) is 0 Å². The van der Waals surface area contributed by atoms with Crippen molar-refractivity contribution in [3.05, 3.63) is 0 Å². The zero-order chi connectivity index (χ0) is 11.9. The molecule has 2 fully saturated rings. The molecule has 2 unspecified atom stereocenters. The molecule has 3 nitrogen and oxygen atoms in total. The van der Waals surface area contributed by atoms with E-state index < -0.39 is 0 Å². The van der Waals surface area contributed by atoms with Crippen molar-refractivity contribution in [1.82, 2.24) is 10.2 Å². The summed E-state index contributed by atoms with van der Waals surface area (Å²) in [6, 6.07) is 0.828. The molecule has 0 aromatic heterocycles. The summed E-state index contributed by atoms with van der Waals surface area (Å²) in [4.78, 5) is 2.71. The van der Waals surface area contributed by atoms with Gasteiger partial charge >= 0.3 is 0 Å². The standard InChI is InChI=1S/C14H28N2O/c1-2-13-6-4-3-5-9-16(13)10-7-14-12-15-8-11-17-14/h13-15H,2-12H2,1H3. The smallest absolute Gasteiger partial charge is 0.0712 e. The predicted octanol–water partition coefficient (Wildman–Crippen LogP) is 2.02. The Morgan fingerprint density at radius 1 is 1.29 bits per heavy atom. The number of hydrogen-bond acceptors (Lipinski definition) is 3. The third-order valence-electron chi connectivity index (χ3n) is 4.21. The van der Waals surface area contributed by atoms with Gasteiger partial charge in [0.1, 0.15) is 0 Å². The van der Waals surface area contributed by atoms with Crippen molar-refractivity contribution in [1.29, 1.82) is 0 Å². The van der Waals surface area contributed by atoms with Crippen LogP contribution in [-0.4, -0.2) is 49.8 Å². The number of rotatable bonds is 4. The highest BCUT2D eigenvalue weighted by Gasteiger charge is 2.21. The van der Waals surface area contributed by atoms with Gasteiger partial charge < -0.3 is 15.0 Å². The quantitative estimate of drug-likeness (QED) is 0.813. The van der Waals surface area contributed by atoms with Gasteiger partial charge in [-0.3, -0.25) is 0 Å². The Kier molecular flexibility index (Phi) is 5.75. The lowest BCUT2D eigenvalue weighted by Gasteiger charge is -2.31. The topological polar surface area (TPSA) is 24.5 Å². The largest absolute Gasteiger partial charge is 0.376 e. The van der Waals surface area contributed by atoms with Crippen LogP contribution >= 0.6 is 0 Å². The zero-order valence-electron chi connectivity index (χ0n) is 11.3. The molecular weight excluding hydrogens is 212 g/mol. The SMILES string of the molecule is CCC1CCCCCN1CCC1CNCCO1. The zero-order valence-corrected chi connectivity index (χ0v) is 11.3. The Bertz CT molecular complexity index is 204. The molecule has 0 bridgehead atoms. The first-order valence-corrected chi connectivity index (χ1v) is 7.46. The average Bonchev–Trinajstić information content (AvgIpc) is 2.62. The van der Waals surface area contributed by atoms with E-state index in [0.717, 1.165) is 25.7 Å². The van der Waals surface area contributed by atoms with Gasteiger partial charge in [0, 0.05) is 25.7 Å². The number of ether oxygens (including phenoxy) is 1. The summed E-state index contributed by atoms with van der Waals surface area (Å²) < 4.78 is 5.78. The van der Waals surface area contributed by atoms with Crippen LogP contribution in [0.3, 0.4) is 0 Å². The van der Waals surface area contributed by atoms with E-state index in [1.54, 1.807) is 0 Å². The maximum absolute atomic E-state index is 5.78. The molecule has 2 heterocycles. The summed E-state index contributed by atoms with van der Waals surface area (Å²) in [6.45, 7) is 7.83. The molecule has 0 radical (unpaired) electrons. The fourth-order valence-corrected chi connectivity index (χ4v) is 3.11. The first-order valence-electron chi connectivity index (χ1n) is 7.46. The molecule has 0 spiro atoms. The maximum atomic E-state index is 5.78. The Labute approximate surface area is 106 Å². The van der Waals surface area contributed by atoms with Crippen molar-refractivity contribution in [3.8, 4) is 0 Å². The fraction of sp³-hybridized carbons (Fsp3) is 1.00. The monoisotopic (exact) mass is 240 g/mol. The van der Waals surface area contributed by atoms with E-state index in [2.05, 4.69) is 17.1 Å². The lowest BCUT2D eigenvalue weighted by atomic mass is 10.1. The highest BCUT2D eigenvalue weighted by molar-refractivity contribution is 4.76. The van der Waals surface area contributed by atoms with Crippen LogP contribution < -0.4 is 5.32 Å². The van der Waals surface area contributed by atoms with Crippen molar-refractivity contribution in [2.45, 2.75) is 57.6 Å². The van der Waals surface area contributed by atoms with Crippen LogP contribution in [0.2, 0.25) is 0 Å². The molecule has 0 aromatic carbocycles. The summed E-state index contributed by atoms with van der Waals surface area (Å²) in [5.41, 5.74) is 0. The van der Waals surface area contributed by atoms with Gasteiger partial charge in [0.05, 0.1) is 12.7 Å². The van der Waals surface area contributed by atoms with Gasteiger partial charge in [-0.05, 0) is 32.2 Å². The van der Waals surface area contributed by atoms with Crippen molar-refractivity contribution >= 4 is 0 Å². The van der Waals surface area contributed by atoms with Gasteiger partial charge in [-0.1, -0.05) is 19.8 Å². The summed E-state index contributed by atoms with van der Waals surface area (Å²) in [5, 5.41) is 3.42. The van der Waals surface area contributed by atoms with Gasteiger partial charge in [-0.2, -0.15) is 0 Å². The molecular formula is C14H28N2O. The normalized spacial score (nSPS) is 32.3. The highest BCUT2D eigenvalue weighted by Crippen LogP contribution is 2.19. The Balaban J connectivity index is 1.74. The number of morpholine rings is 1. The van der Waals surface area contributed by atoms with Gasteiger partial charge in [-0.25, -0.2) is 0 Å². The van der Waals surface area contributed by atoms with E-state index in [9.17, 15) is 0 Å². The van der Waals surface area contributed by atoms with Crippen LogP contribution in [0.5, 0.6) is 0 Å². The number of nitrogens with one attached hydrogen (secondary N) is 1. The lowest BCUT2D eigenvalue weighted by Crippen LogP contribution is -2.42. The number of likely N-dealkylation sites (tertiary alicyclic amines) is 1. The molecule has 2 atom stereocenters. The van der Waals surface area contributed by atoms with Crippen molar-refractivity contribution in [2.75, 3.05) is 32.8 Å². The molecule has 3 heteroatoms. The van der Waals surface area contributed by atoms with E-state index in [-0.39, 0.29) is 0 Å². The summed E-state index contributed by atoms with van der Waals surface area (Å²) in [7, 11) is 0. The van der Waals surface area contributed by atoms with E-state index >= 15 is 0 Å². The molecule has 2 aliphatic heterocycles. The minimum absolute atomic E-state index is 0.449. The average molecular weight is 240 g/mol. The first kappa shape index (κ1) is 13.3. The van der Waals surface area contributed by atoms with Gasteiger partial charge in [0.15, 0.2) is 0 Å². The van der Waals surface area contributed by atoms with E-state index in [0.29, 0.717) is 6.10 Å². The highest BCUT2D eigenvalue weighted by atomic mass is 16.5. The van der Waals surface area contributed by atoms with E-state index in [4.69, 9.17) is 4.74 Å². The predicted molar refractivity (Wildman–Crippen MR) is 71.3 cm³/mol. The lowest BCUT2D eigenvalue weighted by molar-refractivity contribution is 0.0144. The van der Waals surface area contributed by atoms with Crippen molar-refractivity contribution in [3.63, 3.8) is 0 Å². The van der Waals surface area contributed by atoms with E-state index in [1.165, 1.54) is 51.6 Å². The van der Waals surface area contributed by atoms with Gasteiger partial charge in [-0.15, -0.1) is 0 Å². The Morgan fingerprint density at radius 3 is 3.00 bits per heavy atom. The third kappa shape index (κ3) is 4.23. The second-order valence-electron chi connectivity index (χ2n) is 5.43. The van der Waals surface area contributed by atoms with Crippen LogP contribution in [0.15, 0.2) is 0 Å². The fourth-order valence-electron chi connectivity index (χ4n) is 3.11. The maximum Gasteiger partial charge on any atom is 0.0712 e. The molecule has 0 amide bonds. The second kappa shape index (κ2) is 7.34. The molecule has 2 saturated heterocycles. The van der Waals surface area contributed by atoms with Gasteiger partial charge in [0.25, 0.3) is 0 Å². The van der Waals surface area contributed by atoms with Crippen LogP contribution in [0.1, 0.15) is 45.4 Å². The summed E-state index contributed by atoms with van der Waals surface area (Å²) in [6.07, 6.45) is 8.60. The van der Waals surface area contributed by atoms with E-state index in [1.807, 2.05) is 0 Å². The second-order valence-corrected chi connectivity index (χ2v) is 5.43. The Hall–Kier alpha value is -0.120. The van der Waals surface area contributed by atoms with Crippen molar-refractivity contribution in [2.24, 2.45) is 0 Å². The third-order valence-corrected chi connectivity index (χ3v) is 4.21. The molecule has 2 aliphatic rings. The first-order chi connectivity index (χ1) is 8.40. The number of hydrogen-bond donors (Lipinski definition) is 1. The molecule has 0 aromatic rings. The molecule has 2 rings (SSSR count). The van der Waals surface area contributed by atoms with Crippen LogP contribution in [0, 0.1) is 0 Å². The van der Waals surface area contributed by atoms with Crippen LogP contribution in [0.25, 0.3) is 0 Å².